The van der Waals surface area contributed by atoms with Crippen LogP contribution >= 0.6 is 0 Å². The number of benzene rings is 1. The highest BCUT2D eigenvalue weighted by atomic mass is 16.5. The van der Waals surface area contributed by atoms with Gasteiger partial charge in [0, 0.05) is 38.3 Å². The third kappa shape index (κ3) is 5.98. The van der Waals surface area contributed by atoms with Crippen LogP contribution in [0.1, 0.15) is 31.7 Å². The fourth-order valence-electron chi connectivity index (χ4n) is 4.05. The number of likely N-dealkylation sites (N-methyl/N-ethyl adjacent to an activating group) is 1. The highest BCUT2D eigenvalue weighted by Crippen LogP contribution is 2.21. The molecule has 0 radical (unpaired) electrons. The Balaban J connectivity index is 1.50. The predicted molar refractivity (Wildman–Crippen MR) is 104 cm³/mol. The molecule has 2 saturated heterocycles. The van der Waals surface area contributed by atoms with Gasteiger partial charge in [-0.1, -0.05) is 25.1 Å². The van der Waals surface area contributed by atoms with Crippen molar-refractivity contribution in [1.29, 1.82) is 0 Å². The third-order valence-corrected chi connectivity index (χ3v) is 5.58. The van der Waals surface area contributed by atoms with Crippen LogP contribution in [0.2, 0.25) is 0 Å². The summed E-state index contributed by atoms with van der Waals surface area (Å²) in [7, 11) is 2.22. The van der Waals surface area contributed by atoms with Crippen LogP contribution in [0.25, 0.3) is 0 Å². The Hall–Kier alpha value is -1.10. The van der Waals surface area contributed by atoms with Crippen molar-refractivity contribution in [3.05, 3.63) is 29.8 Å². The third-order valence-electron chi connectivity index (χ3n) is 5.58. The summed E-state index contributed by atoms with van der Waals surface area (Å²) in [5.41, 5.74) is 1.33. The van der Waals surface area contributed by atoms with Crippen molar-refractivity contribution in [2.24, 2.45) is 5.92 Å². The van der Waals surface area contributed by atoms with E-state index < -0.39 is 0 Å². The Morgan fingerprint density at radius 3 is 2.72 bits per heavy atom. The van der Waals surface area contributed by atoms with E-state index in [2.05, 4.69) is 52.9 Å². The molecule has 0 aliphatic carbocycles. The first kappa shape index (κ1) is 18.7. The zero-order valence-electron chi connectivity index (χ0n) is 16.1. The van der Waals surface area contributed by atoms with Gasteiger partial charge in [-0.15, -0.1) is 0 Å². The largest absolute Gasteiger partial charge is 0.492 e. The van der Waals surface area contributed by atoms with Gasteiger partial charge in [-0.3, -0.25) is 9.80 Å². The molecule has 3 rings (SSSR count). The fourth-order valence-corrected chi connectivity index (χ4v) is 4.05. The topological polar surface area (TPSA) is 19.0 Å². The summed E-state index contributed by atoms with van der Waals surface area (Å²) in [6.07, 6.45) is 3.97. The lowest BCUT2D eigenvalue weighted by molar-refractivity contribution is 0.152. The zero-order chi connectivity index (χ0) is 17.5. The lowest BCUT2D eigenvalue weighted by Crippen LogP contribution is -2.37. The van der Waals surface area contributed by atoms with Gasteiger partial charge in [-0.25, -0.2) is 0 Å². The summed E-state index contributed by atoms with van der Waals surface area (Å²) in [4.78, 5) is 7.56. The molecule has 4 heteroatoms. The van der Waals surface area contributed by atoms with Gasteiger partial charge in [-0.2, -0.15) is 0 Å². The second-order valence-corrected chi connectivity index (χ2v) is 7.94. The number of rotatable bonds is 6. The van der Waals surface area contributed by atoms with E-state index in [9.17, 15) is 0 Å². The highest BCUT2D eigenvalue weighted by molar-refractivity contribution is 5.33. The van der Waals surface area contributed by atoms with Gasteiger partial charge in [0.15, 0.2) is 0 Å². The van der Waals surface area contributed by atoms with Gasteiger partial charge < -0.3 is 9.64 Å². The lowest BCUT2D eigenvalue weighted by Gasteiger charge is -2.30. The number of hydrogen-bond acceptors (Lipinski definition) is 4. The second-order valence-electron chi connectivity index (χ2n) is 7.94. The maximum Gasteiger partial charge on any atom is 0.123 e. The molecular formula is C21H35N3O. The van der Waals surface area contributed by atoms with E-state index in [1.54, 1.807) is 0 Å². The van der Waals surface area contributed by atoms with Crippen LogP contribution in [0, 0.1) is 5.92 Å². The standard InChI is InChI=1S/C21H35N3O/c1-19-7-5-11-24(17-19)15-16-25-21-9-4-3-8-20(21)18-23-12-6-10-22(2)13-14-23/h3-4,8-9,19H,5-7,10-18H2,1-2H3/t19-/m0/s1. The van der Waals surface area contributed by atoms with E-state index >= 15 is 0 Å². The van der Waals surface area contributed by atoms with Crippen LogP contribution in [-0.2, 0) is 6.54 Å². The molecule has 0 amide bonds. The SMILES string of the molecule is C[C@H]1CCCN(CCOc2ccccc2CN2CCCN(C)CC2)C1. The van der Waals surface area contributed by atoms with Crippen molar-refractivity contribution in [2.45, 2.75) is 32.7 Å². The molecule has 4 nitrogen and oxygen atoms in total. The summed E-state index contributed by atoms with van der Waals surface area (Å²) < 4.78 is 6.19. The van der Waals surface area contributed by atoms with Crippen LogP contribution in [0.15, 0.2) is 24.3 Å². The molecule has 0 spiro atoms. The predicted octanol–water partition coefficient (Wildman–Crippen LogP) is 2.93. The Kier molecular flexibility index (Phi) is 7.14. The lowest BCUT2D eigenvalue weighted by atomic mass is 10.0. The first-order chi connectivity index (χ1) is 12.2. The molecule has 0 bridgehead atoms. The smallest absolute Gasteiger partial charge is 0.123 e. The molecule has 1 aromatic rings. The number of hydrogen-bond donors (Lipinski definition) is 0. The average Bonchev–Trinajstić information content (AvgIpc) is 2.81. The molecular weight excluding hydrogens is 310 g/mol. The van der Waals surface area contributed by atoms with Gasteiger partial charge >= 0.3 is 0 Å². The second kappa shape index (κ2) is 9.56. The molecule has 0 saturated carbocycles. The minimum Gasteiger partial charge on any atom is -0.492 e. The molecule has 140 valence electrons. The quantitative estimate of drug-likeness (QED) is 0.789. The molecule has 1 aromatic carbocycles. The maximum absolute atomic E-state index is 6.19. The summed E-state index contributed by atoms with van der Waals surface area (Å²) in [5.74, 6) is 1.91. The van der Waals surface area contributed by atoms with Crippen LogP contribution in [0.4, 0.5) is 0 Å². The van der Waals surface area contributed by atoms with Crippen LogP contribution in [0.3, 0.4) is 0 Å². The number of piperidine rings is 1. The average molecular weight is 346 g/mol. The van der Waals surface area contributed by atoms with E-state index in [1.165, 1.54) is 51.0 Å². The monoisotopic (exact) mass is 345 g/mol. The van der Waals surface area contributed by atoms with Gasteiger partial charge in [0.2, 0.25) is 0 Å². The van der Waals surface area contributed by atoms with Crippen molar-refractivity contribution in [3.63, 3.8) is 0 Å². The van der Waals surface area contributed by atoms with Crippen molar-refractivity contribution in [2.75, 3.05) is 59.5 Å². The van der Waals surface area contributed by atoms with Gasteiger partial charge in [0.25, 0.3) is 0 Å². The zero-order valence-corrected chi connectivity index (χ0v) is 16.1. The number of para-hydroxylation sites is 1. The van der Waals surface area contributed by atoms with Gasteiger partial charge in [0.05, 0.1) is 0 Å². The minimum atomic E-state index is 0.798. The molecule has 2 aliphatic rings. The molecule has 2 aliphatic heterocycles. The molecule has 0 unspecified atom stereocenters. The van der Waals surface area contributed by atoms with Crippen molar-refractivity contribution in [3.8, 4) is 5.75 Å². The van der Waals surface area contributed by atoms with E-state index in [-0.39, 0.29) is 0 Å². The molecule has 2 fully saturated rings. The van der Waals surface area contributed by atoms with E-state index in [0.717, 1.165) is 44.5 Å². The van der Waals surface area contributed by atoms with Crippen molar-refractivity contribution < 1.29 is 4.74 Å². The molecule has 1 atom stereocenters. The number of ether oxygens (including phenoxy) is 1. The number of nitrogens with zero attached hydrogens (tertiary/aromatic N) is 3. The van der Waals surface area contributed by atoms with Gasteiger partial charge in [-0.05, 0) is 57.9 Å². The summed E-state index contributed by atoms with van der Waals surface area (Å²) >= 11 is 0. The fraction of sp³-hybridized carbons (Fsp3) is 0.714. The van der Waals surface area contributed by atoms with Crippen LogP contribution in [0.5, 0.6) is 5.75 Å². The summed E-state index contributed by atoms with van der Waals surface area (Å²) in [6.45, 7) is 12.4. The van der Waals surface area contributed by atoms with Crippen LogP contribution < -0.4 is 4.74 Å². The van der Waals surface area contributed by atoms with Crippen molar-refractivity contribution >= 4 is 0 Å². The van der Waals surface area contributed by atoms with Gasteiger partial charge in [0.1, 0.15) is 12.4 Å². The van der Waals surface area contributed by atoms with E-state index in [0.29, 0.717) is 0 Å². The van der Waals surface area contributed by atoms with Crippen molar-refractivity contribution in [1.82, 2.24) is 14.7 Å². The normalized spacial score (nSPS) is 24.2. The number of likely N-dealkylation sites (tertiary alicyclic amines) is 1. The van der Waals surface area contributed by atoms with Crippen LogP contribution in [-0.4, -0.2) is 74.2 Å². The van der Waals surface area contributed by atoms with E-state index in [1.807, 2.05) is 0 Å². The first-order valence-electron chi connectivity index (χ1n) is 10.0. The Bertz CT molecular complexity index is 522. The molecule has 0 N–H and O–H groups in total. The Morgan fingerprint density at radius 2 is 1.84 bits per heavy atom. The van der Waals surface area contributed by atoms with E-state index in [4.69, 9.17) is 4.74 Å². The molecule has 2 heterocycles. The highest BCUT2D eigenvalue weighted by Gasteiger charge is 2.17. The minimum absolute atomic E-state index is 0.798. The first-order valence-corrected chi connectivity index (χ1v) is 10.0. The Morgan fingerprint density at radius 1 is 1.00 bits per heavy atom. The Labute approximate surface area is 153 Å². The molecule has 25 heavy (non-hydrogen) atoms. The maximum atomic E-state index is 6.19. The summed E-state index contributed by atoms with van der Waals surface area (Å²) in [5, 5.41) is 0. The molecule has 0 aromatic heterocycles. The summed E-state index contributed by atoms with van der Waals surface area (Å²) in [6, 6.07) is 8.60.